The molecule has 0 aromatic carbocycles. The second kappa shape index (κ2) is 2.88. The average molecular weight is 165 g/mol. The van der Waals surface area contributed by atoms with E-state index in [-0.39, 0.29) is 0 Å². The van der Waals surface area contributed by atoms with Crippen molar-refractivity contribution in [1.29, 1.82) is 0 Å². The molecule has 1 aromatic rings. The minimum atomic E-state index is 0.683. The maximum absolute atomic E-state index is 4.51. The molecule has 1 aromatic heterocycles. The van der Waals surface area contributed by atoms with Crippen molar-refractivity contribution in [3.05, 3.63) is 11.6 Å². The number of aryl methyl sites for hydroxylation is 2. The smallest absolute Gasteiger partial charge is 0.154 e. The summed E-state index contributed by atoms with van der Waals surface area (Å²) >= 11 is 0. The highest BCUT2D eigenvalue weighted by molar-refractivity contribution is 5.05. The zero-order valence-corrected chi connectivity index (χ0v) is 7.75. The summed E-state index contributed by atoms with van der Waals surface area (Å²) < 4.78 is 2.02. The van der Waals surface area contributed by atoms with Crippen LogP contribution in [0.4, 0.5) is 0 Å². The third-order valence-corrected chi connectivity index (χ3v) is 2.32. The van der Waals surface area contributed by atoms with E-state index in [0.29, 0.717) is 5.92 Å². The number of rotatable bonds is 3. The fourth-order valence-electron chi connectivity index (χ4n) is 1.42. The lowest BCUT2D eigenvalue weighted by atomic mass is 10.4. The molecule has 1 fully saturated rings. The fourth-order valence-corrected chi connectivity index (χ4v) is 1.42. The molecule has 0 atom stereocenters. The van der Waals surface area contributed by atoms with Crippen LogP contribution in [-0.2, 0) is 13.0 Å². The highest BCUT2D eigenvalue weighted by atomic mass is 15.3. The highest BCUT2D eigenvalue weighted by Gasteiger charge is 2.28. The molecule has 0 spiro atoms. The van der Waals surface area contributed by atoms with Crippen LogP contribution in [0.1, 0.15) is 44.3 Å². The Morgan fingerprint density at radius 3 is 2.58 bits per heavy atom. The standard InChI is InChI=1S/C9H15N3/c1-3-8-10-9(7-5-6-7)11-12(8)4-2/h7H,3-6H2,1-2H3. The second-order valence-electron chi connectivity index (χ2n) is 3.33. The van der Waals surface area contributed by atoms with E-state index in [1.54, 1.807) is 0 Å². The summed E-state index contributed by atoms with van der Waals surface area (Å²) in [6, 6.07) is 0. The zero-order chi connectivity index (χ0) is 8.55. The van der Waals surface area contributed by atoms with Gasteiger partial charge in [0.25, 0.3) is 0 Å². The van der Waals surface area contributed by atoms with E-state index in [2.05, 4.69) is 23.9 Å². The summed E-state index contributed by atoms with van der Waals surface area (Å²) in [6.45, 7) is 5.19. The Bertz CT molecular complexity index is 252. The minimum Gasteiger partial charge on any atom is -0.250 e. The van der Waals surface area contributed by atoms with Crippen molar-refractivity contribution in [3.8, 4) is 0 Å². The molecule has 0 bridgehead atoms. The first-order chi connectivity index (χ1) is 5.85. The Morgan fingerprint density at radius 2 is 2.17 bits per heavy atom. The quantitative estimate of drug-likeness (QED) is 0.683. The van der Waals surface area contributed by atoms with Gasteiger partial charge < -0.3 is 0 Å². The van der Waals surface area contributed by atoms with Gasteiger partial charge in [-0.1, -0.05) is 6.92 Å². The van der Waals surface area contributed by atoms with Gasteiger partial charge in [0.1, 0.15) is 5.82 Å². The van der Waals surface area contributed by atoms with Crippen LogP contribution >= 0.6 is 0 Å². The van der Waals surface area contributed by atoms with Gasteiger partial charge in [0.15, 0.2) is 5.82 Å². The molecule has 0 saturated heterocycles. The molecule has 1 aliphatic carbocycles. The predicted octanol–water partition coefficient (Wildman–Crippen LogP) is 1.74. The van der Waals surface area contributed by atoms with Crippen LogP contribution in [-0.4, -0.2) is 14.8 Å². The van der Waals surface area contributed by atoms with Gasteiger partial charge in [-0.3, -0.25) is 4.68 Å². The summed E-state index contributed by atoms with van der Waals surface area (Å²) in [5, 5.41) is 4.47. The van der Waals surface area contributed by atoms with Gasteiger partial charge in [-0.15, -0.1) is 0 Å². The third-order valence-electron chi connectivity index (χ3n) is 2.32. The zero-order valence-electron chi connectivity index (χ0n) is 7.75. The van der Waals surface area contributed by atoms with Crippen LogP contribution in [0, 0.1) is 0 Å². The van der Waals surface area contributed by atoms with Crippen LogP contribution in [0.3, 0.4) is 0 Å². The van der Waals surface area contributed by atoms with Crippen LogP contribution < -0.4 is 0 Å². The SMILES string of the molecule is CCc1nc(C2CC2)nn1CC. The van der Waals surface area contributed by atoms with Crippen molar-refractivity contribution in [2.45, 2.75) is 45.6 Å². The molecule has 3 heteroatoms. The van der Waals surface area contributed by atoms with E-state index >= 15 is 0 Å². The molecule has 0 N–H and O–H groups in total. The van der Waals surface area contributed by atoms with E-state index in [1.807, 2.05) is 4.68 Å². The van der Waals surface area contributed by atoms with E-state index in [9.17, 15) is 0 Å². The van der Waals surface area contributed by atoms with Crippen molar-refractivity contribution in [2.24, 2.45) is 0 Å². The monoisotopic (exact) mass is 165 g/mol. The van der Waals surface area contributed by atoms with E-state index in [0.717, 1.165) is 24.6 Å². The first-order valence-electron chi connectivity index (χ1n) is 4.78. The van der Waals surface area contributed by atoms with Gasteiger partial charge in [-0.2, -0.15) is 5.10 Å². The van der Waals surface area contributed by atoms with Gasteiger partial charge in [0.2, 0.25) is 0 Å². The largest absolute Gasteiger partial charge is 0.250 e. The number of aromatic nitrogens is 3. The highest BCUT2D eigenvalue weighted by Crippen LogP contribution is 2.38. The molecule has 0 unspecified atom stereocenters. The van der Waals surface area contributed by atoms with Gasteiger partial charge in [0, 0.05) is 18.9 Å². The Kier molecular flexibility index (Phi) is 1.87. The fraction of sp³-hybridized carbons (Fsp3) is 0.778. The van der Waals surface area contributed by atoms with E-state index < -0.39 is 0 Å². The Hall–Kier alpha value is -0.860. The lowest BCUT2D eigenvalue weighted by Gasteiger charge is -1.96. The molecule has 1 heterocycles. The molecule has 0 amide bonds. The van der Waals surface area contributed by atoms with Crippen molar-refractivity contribution in [1.82, 2.24) is 14.8 Å². The van der Waals surface area contributed by atoms with Crippen LogP contribution in [0.5, 0.6) is 0 Å². The minimum absolute atomic E-state index is 0.683. The molecule has 2 rings (SSSR count). The number of hydrogen-bond donors (Lipinski definition) is 0. The Balaban J connectivity index is 2.27. The Labute approximate surface area is 72.8 Å². The van der Waals surface area contributed by atoms with E-state index in [1.165, 1.54) is 12.8 Å². The Morgan fingerprint density at radius 1 is 1.42 bits per heavy atom. The maximum atomic E-state index is 4.51. The normalized spacial score (nSPS) is 16.8. The molecule has 1 saturated carbocycles. The molecule has 66 valence electrons. The van der Waals surface area contributed by atoms with Crippen LogP contribution in [0.2, 0.25) is 0 Å². The summed E-state index contributed by atoms with van der Waals surface area (Å²) in [5.41, 5.74) is 0. The van der Waals surface area contributed by atoms with Crippen LogP contribution in [0.15, 0.2) is 0 Å². The molecule has 12 heavy (non-hydrogen) atoms. The molecular formula is C9H15N3. The maximum Gasteiger partial charge on any atom is 0.154 e. The number of nitrogens with zero attached hydrogens (tertiary/aromatic N) is 3. The third kappa shape index (κ3) is 1.24. The molecule has 0 aliphatic heterocycles. The molecule has 3 nitrogen and oxygen atoms in total. The average Bonchev–Trinajstić information content (AvgIpc) is 2.85. The van der Waals surface area contributed by atoms with Gasteiger partial charge in [-0.25, -0.2) is 4.98 Å². The van der Waals surface area contributed by atoms with Gasteiger partial charge in [0.05, 0.1) is 0 Å². The van der Waals surface area contributed by atoms with Crippen molar-refractivity contribution in [2.75, 3.05) is 0 Å². The first kappa shape index (κ1) is 7.77. The van der Waals surface area contributed by atoms with Gasteiger partial charge >= 0.3 is 0 Å². The molecular weight excluding hydrogens is 150 g/mol. The van der Waals surface area contributed by atoms with E-state index in [4.69, 9.17) is 0 Å². The van der Waals surface area contributed by atoms with Crippen molar-refractivity contribution in [3.63, 3.8) is 0 Å². The molecule has 0 radical (unpaired) electrons. The van der Waals surface area contributed by atoms with Crippen molar-refractivity contribution >= 4 is 0 Å². The second-order valence-corrected chi connectivity index (χ2v) is 3.33. The lowest BCUT2D eigenvalue weighted by molar-refractivity contribution is 0.614. The van der Waals surface area contributed by atoms with Gasteiger partial charge in [-0.05, 0) is 19.8 Å². The van der Waals surface area contributed by atoms with Crippen molar-refractivity contribution < 1.29 is 0 Å². The summed E-state index contributed by atoms with van der Waals surface area (Å²) in [7, 11) is 0. The summed E-state index contributed by atoms with van der Waals surface area (Å²) in [6.07, 6.45) is 3.57. The first-order valence-corrected chi connectivity index (χ1v) is 4.78. The predicted molar refractivity (Wildman–Crippen MR) is 47.0 cm³/mol. The lowest BCUT2D eigenvalue weighted by Crippen LogP contribution is -2.01. The summed E-state index contributed by atoms with van der Waals surface area (Å²) in [5.74, 6) is 2.90. The molecule has 1 aliphatic rings. The topological polar surface area (TPSA) is 30.7 Å². The summed E-state index contributed by atoms with van der Waals surface area (Å²) in [4.78, 5) is 4.51. The number of hydrogen-bond acceptors (Lipinski definition) is 2. The van der Waals surface area contributed by atoms with Crippen LogP contribution in [0.25, 0.3) is 0 Å².